The summed E-state index contributed by atoms with van der Waals surface area (Å²) in [7, 11) is 0. The predicted molar refractivity (Wildman–Crippen MR) is 72.7 cm³/mol. The van der Waals surface area contributed by atoms with Gasteiger partial charge in [-0.25, -0.2) is 0 Å². The van der Waals surface area contributed by atoms with Crippen molar-refractivity contribution in [2.24, 2.45) is 0 Å². The Morgan fingerprint density at radius 2 is 2.33 bits per heavy atom. The fourth-order valence-corrected chi connectivity index (χ4v) is 2.36. The van der Waals surface area contributed by atoms with Gasteiger partial charge in [0.25, 0.3) is 5.91 Å². The van der Waals surface area contributed by atoms with Crippen LogP contribution in [0.25, 0.3) is 0 Å². The molecule has 1 fully saturated rings. The number of nitrogens with zero attached hydrogens (tertiary/aromatic N) is 1. The lowest BCUT2D eigenvalue weighted by molar-refractivity contribution is 0.0342. The molecule has 2 heterocycles. The number of hydrogen-bond acceptors (Lipinski definition) is 3. The lowest BCUT2D eigenvalue weighted by Gasteiger charge is -2.29. The number of aromatic amines is 1. The van der Waals surface area contributed by atoms with Crippen molar-refractivity contribution in [1.82, 2.24) is 15.2 Å². The molecule has 0 saturated carbocycles. The molecule has 1 aliphatic rings. The molecule has 1 aromatic rings. The molecule has 0 bridgehead atoms. The molecule has 1 saturated heterocycles. The first kappa shape index (κ1) is 13.6. The van der Waals surface area contributed by atoms with Gasteiger partial charge in [0.1, 0.15) is 5.69 Å². The van der Waals surface area contributed by atoms with Gasteiger partial charge in [0.15, 0.2) is 0 Å². The molecule has 1 aliphatic heterocycles. The zero-order valence-electron chi connectivity index (χ0n) is 10.4. The van der Waals surface area contributed by atoms with Crippen LogP contribution in [0.3, 0.4) is 0 Å². The van der Waals surface area contributed by atoms with E-state index in [4.69, 9.17) is 4.74 Å². The summed E-state index contributed by atoms with van der Waals surface area (Å²) in [5.74, 6) is -0.0681. The summed E-state index contributed by atoms with van der Waals surface area (Å²) in [6.07, 6.45) is 1.75. The van der Waals surface area contributed by atoms with Crippen molar-refractivity contribution >= 4 is 21.8 Å². The summed E-state index contributed by atoms with van der Waals surface area (Å²) in [5.41, 5.74) is 0.579. The van der Waals surface area contributed by atoms with Gasteiger partial charge in [-0.2, -0.15) is 0 Å². The highest BCUT2D eigenvalue weighted by molar-refractivity contribution is 9.10. The monoisotopic (exact) mass is 315 g/mol. The molecule has 0 aromatic carbocycles. The summed E-state index contributed by atoms with van der Waals surface area (Å²) in [6, 6.07) is 1.90. The van der Waals surface area contributed by atoms with E-state index < -0.39 is 0 Å². The van der Waals surface area contributed by atoms with Gasteiger partial charge in [-0.3, -0.25) is 9.69 Å². The zero-order valence-corrected chi connectivity index (χ0v) is 12.0. The second-order valence-electron chi connectivity index (χ2n) is 4.52. The van der Waals surface area contributed by atoms with Crippen LogP contribution in [0.5, 0.6) is 0 Å². The number of carbonyl (C=O) groups is 1. The van der Waals surface area contributed by atoms with Gasteiger partial charge in [-0.1, -0.05) is 0 Å². The van der Waals surface area contributed by atoms with E-state index in [1.54, 1.807) is 12.3 Å². The van der Waals surface area contributed by atoms with E-state index in [1.165, 1.54) is 0 Å². The van der Waals surface area contributed by atoms with Crippen molar-refractivity contribution in [3.63, 3.8) is 0 Å². The largest absolute Gasteiger partial charge is 0.379 e. The number of rotatable bonds is 4. The highest BCUT2D eigenvalue weighted by atomic mass is 79.9. The molecule has 1 amide bonds. The van der Waals surface area contributed by atoms with Crippen LogP contribution in [0.1, 0.15) is 17.4 Å². The average molecular weight is 316 g/mol. The molecule has 0 radical (unpaired) electrons. The topological polar surface area (TPSA) is 57.4 Å². The molecule has 2 N–H and O–H groups in total. The van der Waals surface area contributed by atoms with E-state index in [1.807, 2.05) is 6.92 Å². The standard InChI is InChI=1S/C12H18BrN3O2/c1-9(8-16-2-4-18-5-3-16)15-12(17)11-6-10(13)7-14-11/h6-7,9,14H,2-5,8H2,1H3,(H,15,17). The molecule has 1 aromatic heterocycles. The molecule has 1 unspecified atom stereocenters. The fourth-order valence-electron chi connectivity index (χ4n) is 2.02. The molecular weight excluding hydrogens is 298 g/mol. The third-order valence-electron chi connectivity index (χ3n) is 2.91. The van der Waals surface area contributed by atoms with Gasteiger partial charge in [0.2, 0.25) is 0 Å². The fraction of sp³-hybridized carbons (Fsp3) is 0.583. The first-order valence-corrected chi connectivity index (χ1v) is 6.89. The van der Waals surface area contributed by atoms with Crippen LogP contribution in [0.15, 0.2) is 16.7 Å². The number of hydrogen-bond donors (Lipinski definition) is 2. The second-order valence-corrected chi connectivity index (χ2v) is 5.43. The third kappa shape index (κ3) is 3.83. The van der Waals surface area contributed by atoms with E-state index in [9.17, 15) is 4.79 Å². The Bertz CT molecular complexity index is 402. The van der Waals surface area contributed by atoms with Crippen molar-refractivity contribution < 1.29 is 9.53 Å². The normalized spacial score (nSPS) is 18.6. The number of halogens is 1. The Labute approximate surface area is 115 Å². The quantitative estimate of drug-likeness (QED) is 0.878. The van der Waals surface area contributed by atoms with Gasteiger partial charge < -0.3 is 15.0 Å². The van der Waals surface area contributed by atoms with Crippen molar-refractivity contribution in [1.29, 1.82) is 0 Å². The number of nitrogens with one attached hydrogen (secondary N) is 2. The minimum atomic E-state index is -0.0681. The van der Waals surface area contributed by atoms with Gasteiger partial charge in [0, 0.05) is 36.3 Å². The van der Waals surface area contributed by atoms with Gasteiger partial charge >= 0.3 is 0 Å². The number of carbonyl (C=O) groups excluding carboxylic acids is 1. The molecule has 18 heavy (non-hydrogen) atoms. The smallest absolute Gasteiger partial charge is 0.267 e. The van der Waals surface area contributed by atoms with Crippen molar-refractivity contribution in [2.45, 2.75) is 13.0 Å². The van der Waals surface area contributed by atoms with E-state index in [-0.39, 0.29) is 11.9 Å². The van der Waals surface area contributed by atoms with Crippen molar-refractivity contribution in [3.8, 4) is 0 Å². The summed E-state index contributed by atoms with van der Waals surface area (Å²) in [6.45, 7) is 6.32. The van der Waals surface area contributed by atoms with Crippen LogP contribution < -0.4 is 5.32 Å². The highest BCUT2D eigenvalue weighted by Crippen LogP contribution is 2.10. The third-order valence-corrected chi connectivity index (χ3v) is 3.36. The molecule has 5 nitrogen and oxygen atoms in total. The van der Waals surface area contributed by atoms with Gasteiger partial charge in [-0.05, 0) is 28.9 Å². The van der Waals surface area contributed by atoms with E-state index in [2.05, 4.69) is 31.1 Å². The van der Waals surface area contributed by atoms with Crippen molar-refractivity contribution in [2.75, 3.05) is 32.8 Å². The Kier molecular flexibility index (Phi) is 4.79. The minimum absolute atomic E-state index is 0.0681. The number of H-pyrrole nitrogens is 1. The van der Waals surface area contributed by atoms with E-state index in [0.29, 0.717) is 5.69 Å². The first-order valence-electron chi connectivity index (χ1n) is 6.10. The Hall–Kier alpha value is -0.850. The van der Waals surface area contributed by atoms with Crippen LogP contribution in [-0.2, 0) is 4.74 Å². The SMILES string of the molecule is CC(CN1CCOCC1)NC(=O)c1cc(Br)c[nH]1. The maximum absolute atomic E-state index is 11.9. The molecule has 6 heteroatoms. The summed E-state index contributed by atoms with van der Waals surface area (Å²) >= 11 is 3.31. The Balaban J connectivity index is 1.79. The Morgan fingerprint density at radius 3 is 2.94 bits per heavy atom. The average Bonchev–Trinajstić information content (AvgIpc) is 2.77. The van der Waals surface area contributed by atoms with Gasteiger partial charge in [-0.15, -0.1) is 0 Å². The first-order chi connectivity index (χ1) is 8.65. The number of ether oxygens (including phenoxy) is 1. The van der Waals surface area contributed by atoms with Crippen LogP contribution in [-0.4, -0.2) is 54.7 Å². The Morgan fingerprint density at radius 1 is 1.61 bits per heavy atom. The zero-order chi connectivity index (χ0) is 13.0. The van der Waals surface area contributed by atoms with Crippen LogP contribution in [0, 0.1) is 0 Å². The summed E-state index contributed by atoms with van der Waals surface area (Å²) < 4.78 is 6.18. The van der Waals surface area contributed by atoms with E-state index in [0.717, 1.165) is 37.3 Å². The summed E-state index contributed by atoms with van der Waals surface area (Å²) in [4.78, 5) is 17.1. The molecule has 1 atom stereocenters. The summed E-state index contributed by atoms with van der Waals surface area (Å²) in [5, 5.41) is 2.98. The minimum Gasteiger partial charge on any atom is -0.379 e. The van der Waals surface area contributed by atoms with Gasteiger partial charge in [0.05, 0.1) is 13.2 Å². The molecule has 2 rings (SSSR count). The van der Waals surface area contributed by atoms with Crippen LogP contribution in [0.4, 0.5) is 0 Å². The lowest BCUT2D eigenvalue weighted by atomic mass is 10.2. The number of morpholine rings is 1. The van der Waals surface area contributed by atoms with E-state index >= 15 is 0 Å². The highest BCUT2D eigenvalue weighted by Gasteiger charge is 2.16. The second kappa shape index (κ2) is 6.36. The molecule has 0 aliphatic carbocycles. The number of amides is 1. The predicted octanol–water partition coefficient (Wildman–Crippen LogP) is 1.23. The maximum atomic E-state index is 11.9. The maximum Gasteiger partial charge on any atom is 0.267 e. The van der Waals surface area contributed by atoms with Crippen LogP contribution >= 0.6 is 15.9 Å². The molecule has 100 valence electrons. The number of aromatic nitrogens is 1. The lowest BCUT2D eigenvalue weighted by Crippen LogP contribution is -2.46. The van der Waals surface area contributed by atoms with Crippen LogP contribution in [0.2, 0.25) is 0 Å². The molecule has 0 spiro atoms. The molecular formula is C12H18BrN3O2. The van der Waals surface area contributed by atoms with Crippen molar-refractivity contribution in [3.05, 3.63) is 22.4 Å².